The molecular formula is C22H29N3O2. The Kier molecular flexibility index (Phi) is 6.97. The van der Waals surface area contributed by atoms with Gasteiger partial charge in [0.15, 0.2) is 5.96 Å². The maximum Gasteiger partial charge on any atom is 0.193 e. The number of ether oxygens (including phenoxy) is 2. The van der Waals surface area contributed by atoms with Gasteiger partial charge in [-0.2, -0.15) is 0 Å². The molecule has 27 heavy (non-hydrogen) atoms. The number of aliphatic imine (C=N–C) groups is 1. The highest BCUT2D eigenvalue weighted by molar-refractivity contribution is 5.80. The number of para-hydroxylation sites is 1. The molecule has 1 aliphatic rings. The first kappa shape index (κ1) is 19.1. The zero-order valence-corrected chi connectivity index (χ0v) is 16.2. The van der Waals surface area contributed by atoms with Crippen molar-refractivity contribution < 1.29 is 9.47 Å². The smallest absolute Gasteiger partial charge is 0.193 e. The number of nitrogens with one attached hydrogen (secondary N) is 1. The largest absolute Gasteiger partial charge is 0.494 e. The highest BCUT2D eigenvalue weighted by Crippen LogP contribution is 2.19. The summed E-state index contributed by atoms with van der Waals surface area (Å²) in [5.74, 6) is 2.80. The van der Waals surface area contributed by atoms with E-state index in [1.165, 1.54) is 5.56 Å². The molecule has 0 radical (unpaired) electrons. The van der Waals surface area contributed by atoms with Crippen LogP contribution in [-0.4, -0.2) is 43.7 Å². The molecule has 0 unspecified atom stereocenters. The van der Waals surface area contributed by atoms with E-state index in [9.17, 15) is 0 Å². The molecular weight excluding hydrogens is 338 g/mol. The first-order valence-electron chi connectivity index (χ1n) is 9.67. The highest BCUT2D eigenvalue weighted by Gasteiger charge is 2.22. The van der Waals surface area contributed by atoms with E-state index in [0.717, 1.165) is 49.9 Å². The lowest BCUT2D eigenvalue weighted by Gasteiger charge is -2.34. The monoisotopic (exact) mass is 367 g/mol. The fraction of sp³-hybridized carbons (Fsp3) is 0.409. The molecule has 1 fully saturated rings. The first-order valence-corrected chi connectivity index (χ1v) is 9.67. The summed E-state index contributed by atoms with van der Waals surface area (Å²) in [6.45, 7) is 5.29. The van der Waals surface area contributed by atoms with Gasteiger partial charge in [0.05, 0.1) is 6.61 Å². The molecule has 0 aliphatic carbocycles. The molecule has 5 heteroatoms. The molecule has 1 heterocycles. The summed E-state index contributed by atoms with van der Waals surface area (Å²) in [4.78, 5) is 6.76. The number of benzene rings is 2. The van der Waals surface area contributed by atoms with Gasteiger partial charge in [0.25, 0.3) is 0 Å². The summed E-state index contributed by atoms with van der Waals surface area (Å²) in [5, 5.41) is 3.47. The number of guanidine groups is 1. The maximum absolute atomic E-state index is 6.08. The Bertz CT molecular complexity index is 725. The van der Waals surface area contributed by atoms with E-state index < -0.39 is 0 Å². The fourth-order valence-corrected chi connectivity index (χ4v) is 3.30. The van der Waals surface area contributed by atoms with E-state index in [-0.39, 0.29) is 6.10 Å². The molecule has 0 amide bonds. The van der Waals surface area contributed by atoms with Gasteiger partial charge in [-0.25, -0.2) is 0 Å². The lowest BCUT2D eigenvalue weighted by molar-refractivity contribution is 0.129. The van der Waals surface area contributed by atoms with E-state index >= 15 is 0 Å². The summed E-state index contributed by atoms with van der Waals surface area (Å²) in [6.07, 6.45) is 2.26. The van der Waals surface area contributed by atoms with Crippen molar-refractivity contribution in [2.75, 3.05) is 26.7 Å². The van der Waals surface area contributed by atoms with Gasteiger partial charge in [0, 0.05) is 39.5 Å². The van der Waals surface area contributed by atoms with E-state index in [0.29, 0.717) is 6.61 Å². The summed E-state index contributed by atoms with van der Waals surface area (Å²) in [6, 6.07) is 18.2. The SMILES string of the molecule is CCOc1cccc(CNC(=NC)N2CCC(Oc3ccccc3)CC2)c1. The molecule has 0 atom stereocenters. The fourth-order valence-electron chi connectivity index (χ4n) is 3.30. The molecule has 1 saturated heterocycles. The Balaban J connectivity index is 1.48. The number of likely N-dealkylation sites (tertiary alicyclic amines) is 1. The minimum Gasteiger partial charge on any atom is -0.494 e. The lowest BCUT2D eigenvalue weighted by Crippen LogP contribution is -2.47. The highest BCUT2D eigenvalue weighted by atomic mass is 16.5. The molecule has 3 rings (SSSR count). The zero-order chi connectivity index (χ0) is 18.9. The number of rotatable bonds is 6. The third-order valence-corrected chi connectivity index (χ3v) is 4.66. The number of piperidine rings is 1. The predicted molar refractivity (Wildman–Crippen MR) is 109 cm³/mol. The van der Waals surface area contributed by atoms with Crippen molar-refractivity contribution in [3.8, 4) is 11.5 Å². The summed E-state index contributed by atoms with van der Waals surface area (Å²) in [7, 11) is 1.84. The standard InChI is InChI=1S/C22H29N3O2/c1-3-26-21-11-7-8-18(16-21)17-24-22(23-2)25-14-12-20(13-15-25)27-19-9-5-4-6-10-19/h4-11,16,20H,3,12-15,17H2,1-2H3,(H,23,24). The van der Waals surface area contributed by atoms with E-state index in [1.807, 2.05) is 56.4 Å². The summed E-state index contributed by atoms with van der Waals surface area (Å²) in [5.41, 5.74) is 1.18. The van der Waals surface area contributed by atoms with Gasteiger partial charge < -0.3 is 19.7 Å². The second-order valence-electron chi connectivity index (χ2n) is 6.60. The maximum atomic E-state index is 6.08. The van der Waals surface area contributed by atoms with Crippen LogP contribution in [0, 0.1) is 0 Å². The van der Waals surface area contributed by atoms with Crippen LogP contribution in [0.15, 0.2) is 59.6 Å². The average molecular weight is 367 g/mol. The van der Waals surface area contributed by atoms with Crippen LogP contribution in [0.1, 0.15) is 25.3 Å². The molecule has 0 spiro atoms. The Morgan fingerprint density at radius 3 is 2.52 bits per heavy atom. The van der Waals surface area contributed by atoms with Gasteiger partial charge in [-0.15, -0.1) is 0 Å². The van der Waals surface area contributed by atoms with Gasteiger partial charge in [0.1, 0.15) is 17.6 Å². The first-order chi connectivity index (χ1) is 13.3. The van der Waals surface area contributed by atoms with Crippen LogP contribution in [0.25, 0.3) is 0 Å². The number of nitrogens with zero attached hydrogens (tertiary/aromatic N) is 2. The van der Waals surface area contributed by atoms with Crippen LogP contribution >= 0.6 is 0 Å². The summed E-state index contributed by atoms with van der Waals surface area (Å²) < 4.78 is 11.7. The van der Waals surface area contributed by atoms with Crippen LogP contribution in [0.5, 0.6) is 11.5 Å². The van der Waals surface area contributed by atoms with E-state index in [1.54, 1.807) is 0 Å². The van der Waals surface area contributed by atoms with Gasteiger partial charge in [-0.1, -0.05) is 30.3 Å². The van der Waals surface area contributed by atoms with Gasteiger partial charge >= 0.3 is 0 Å². The van der Waals surface area contributed by atoms with Crippen molar-refractivity contribution in [3.05, 3.63) is 60.2 Å². The Morgan fingerprint density at radius 2 is 1.81 bits per heavy atom. The number of hydrogen-bond acceptors (Lipinski definition) is 3. The molecule has 1 N–H and O–H groups in total. The Morgan fingerprint density at radius 1 is 1.07 bits per heavy atom. The Hall–Kier alpha value is -2.69. The van der Waals surface area contributed by atoms with Crippen molar-refractivity contribution in [2.24, 2.45) is 4.99 Å². The third kappa shape index (κ3) is 5.64. The molecule has 2 aromatic rings. The topological polar surface area (TPSA) is 46.1 Å². The van der Waals surface area contributed by atoms with Crippen LogP contribution in [0.3, 0.4) is 0 Å². The predicted octanol–water partition coefficient (Wildman–Crippen LogP) is 3.70. The van der Waals surface area contributed by atoms with Gasteiger partial charge in [0.2, 0.25) is 0 Å². The van der Waals surface area contributed by atoms with E-state index in [4.69, 9.17) is 9.47 Å². The van der Waals surface area contributed by atoms with Gasteiger partial charge in [-0.3, -0.25) is 4.99 Å². The minimum atomic E-state index is 0.268. The number of hydrogen-bond donors (Lipinski definition) is 1. The van der Waals surface area contributed by atoms with Crippen molar-refractivity contribution in [3.63, 3.8) is 0 Å². The van der Waals surface area contributed by atoms with Crippen LogP contribution < -0.4 is 14.8 Å². The van der Waals surface area contributed by atoms with Crippen molar-refractivity contribution >= 4 is 5.96 Å². The van der Waals surface area contributed by atoms with Crippen molar-refractivity contribution in [2.45, 2.75) is 32.4 Å². The second kappa shape index (κ2) is 9.86. The molecule has 5 nitrogen and oxygen atoms in total. The van der Waals surface area contributed by atoms with Gasteiger partial charge in [-0.05, 0) is 36.8 Å². The zero-order valence-electron chi connectivity index (χ0n) is 16.2. The third-order valence-electron chi connectivity index (χ3n) is 4.66. The molecule has 0 aromatic heterocycles. The normalized spacial score (nSPS) is 15.5. The van der Waals surface area contributed by atoms with Crippen LogP contribution in [0.2, 0.25) is 0 Å². The molecule has 2 aromatic carbocycles. The molecule has 144 valence electrons. The van der Waals surface area contributed by atoms with Crippen LogP contribution in [-0.2, 0) is 6.54 Å². The van der Waals surface area contributed by atoms with Crippen LogP contribution in [0.4, 0.5) is 0 Å². The minimum absolute atomic E-state index is 0.268. The average Bonchev–Trinajstić information content (AvgIpc) is 2.71. The van der Waals surface area contributed by atoms with E-state index in [2.05, 4.69) is 27.3 Å². The lowest BCUT2D eigenvalue weighted by atomic mass is 10.1. The summed E-state index contributed by atoms with van der Waals surface area (Å²) >= 11 is 0. The van der Waals surface area contributed by atoms with Crippen molar-refractivity contribution in [1.29, 1.82) is 0 Å². The van der Waals surface area contributed by atoms with Crippen molar-refractivity contribution in [1.82, 2.24) is 10.2 Å². The molecule has 1 aliphatic heterocycles. The molecule has 0 saturated carbocycles. The quantitative estimate of drug-likeness (QED) is 0.625. The molecule has 0 bridgehead atoms. The Labute approximate surface area is 162 Å². The second-order valence-corrected chi connectivity index (χ2v) is 6.60.